The molecule has 1 aliphatic heterocycles. The molecule has 1 saturated heterocycles. The Balaban J connectivity index is 1.60. The number of likely N-dealkylation sites (tertiary alicyclic amines) is 1. The van der Waals surface area contributed by atoms with E-state index >= 15 is 0 Å². The van der Waals surface area contributed by atoms with Gasteiger partial charge < -0.3 is 0 Å². The van der Waals surface area contributed by atoms with Crippen molar-refractivity contribution in [1.29, 1.82) is 0 Å². The van der Waals surface area contributed by atoms with E-state index < -0.39 is 0 Å². The van der Waals surface area contributed by atoms with Crippen LogP contribution in [0.2, 0.25) is 0 Å². The summed E-state index contributed by atoms with van der Waals surface area (Å²) in [5.74, 6) is 0.132. The minimum atomic E-state index is 0.132. The van der Waals surface area contributed by atoms with Gasteiger partial charge in [0.15, 0.2) is 0 Å². The third kappa shape index (κ3) is 3.54. The molecule has 2 aromatic rings. The monoisotopic (exact) mass is 333 g/mol. The number of rotatable bonds is 5. The van der Waals surface area contributed by atoms with Gasteiger partial charge in [-0.1, -0.05) is 6.08 Å². The second kappa shape index (κ2) is 6.89. The molecule has 0 saturated carbocycles. The number of carbonyl (C=O) groups excluding carboxylic acids is 1. The van der Waals surface area contributed by atoms with Crippen LogP contribution in [0.3, 0.4) is 0 Å². The summed E-state index contributed by atoms with van der Waals surface area (Å²) in [5, 5.41) is 0. The number of pyridine rings is 2. The van der Waals surface area contributed by atoms with Crippen LogP contribution >= 0.6 is 0 Å². The van der Waals surface area contributed by atoms with Gasteiger partial charge in [-0.25, -0.2) is 0 Å². The van der Waals surface area contributed by atoms with Crippen molar-refractivity contribution in [3.05, 3.63) is 53.6 Å². The van der Waals surface area contributed by atoms with Crippen LogP contribution in [0.5, 0.6) is 0 Å². The highest BCUT2D eigenvalue weighted by atomic mass is 16.1. The molecule has 25 heavy (non-hydrogen) atoms. The number of carbonyl (C=O) groups is 1. The average Bonchev–Trinajstić information content (AvgIpc) is 3.25. The standard InChI is InChI=1S/C21H23N3O/c1-15(25)10-19-11-16(6-7-22-19)18-12-20-17(4-5-21(20)23-13-18)14-24-8-2-3-9-24/h4,6-7,11-13H,2-3,5,8-10,14H2,1H3. The quantitative estimate of drug-likeness (QED) is 0.842. The summed E-state index contributed by atoms with van der Waals surface area (Å²) in [5.41, 5.74) is 6.86. The van der Waals surface area contributed by atoms with Gasteiger partial charge >= 0.3 is 0 Å². The van der Waals surface area contributed by atoms with Crippen LogP contribution in [0, 0.1) is 0 Å². The van der Waals surface area contributed by atoms with Crippen LogP contribution in [0.4, 0.5) is 0 Å². The normalized spacial score (nSPS) is 16.8. The van der Waals surface area contributed by atoms with Crippen LogP contribution in [0.15, 0.2) is 36.7 Å². The molecule has 1 aliphatic carbocycles. The van der Waals surface area contributed by atoms with Gasteiger partial charge in [0.1, 0.15) is 5.78 Å². The fourth-order valence-corrected chi connectivity index (χ4v) is 3.76. The van der Waals surface area contributed by atoms with Crippen LogP contribution < -0.4 is 0 Å². The molecule has 0 spiro atoms. The Hall–Kier alpha value is -2.33. The maximum absolute atomic E-state index is 11.4. The van der Waals surface area contributed by atoms with Crippen molar-refractivity contribution in [1.82, 2.24) is 14.9 Å². The highest BCUT2D eigenvalue weighted by molar-refractivity contribution is 5.79. The van der Waals surface area contributed by atoms with E-state index in [2.05, 4.69) is 22.0 Å². The SMILES string of the molecule is CC(=O)Cc1cc(-c2cnc3c(c2)C(CN2CCCC2)=CC3)ccn1. The number of allylic oxidation sites excluding steroid dienone is 1. The Morgan fingerprint density at radius 3 is 2.80 bits per heavy atom. The maximum atomic E-state index is 11.4. The molecular weight excluding hydrogens is 310 g/mol. The zero-order valence-corrected chi connectivity index (χ0v) is 14.7. The van der Waals surface area contributed by atoms with Crippen molar-refractivity contribution >= 4 is 11.4 Å². The third-order valence-corrected chi connectivity index (χ3v) is 5.03. The lowest BCUT2D eigenvalue weighted by Crippen LogP contribution is -2.21. The Kier molecular flexibility index (Phi) is 4.45. The molecule has 4 rings (SSSR count). The number of fused-ring (bicyclic) bond motifs is 1. The van der Waals surface area contributed by atoms with Gasteiger partial charge in [0.25, 0.3) is 0 Å². The Bertz CT molecular complexity index is 835. The molecule has 2 aromatic heterocycles. The summed E-state index contributed by atoms with van der Waals surface area (Å²) >= 11 is 0. The molecule has 3 heterocycles. The Morgan fingerprint density at radius 1 is 1.16 bits per heavy atom. The summed E-state index contributed by atoms with van der Waals surface area (Å²) < 4.78 is 0. The Morgan fingerprint density at radius 2 is 2.00 bits per heavy atom. The first kappa shape index (κ1) is 16.2. The highest BCUT2D eigenvalue weighted by Crippen LogP contribution is 2.31. The van der Waals surface area contributed by atoms with E-state index in [-0.39, 0.29) is 5.78 Å². The van der Waals surface area contributed by atoms with Crippen molar-refractivity contribution in [2.24, 2.45) is 0 Å². The van der Waals surface area contributed by atoms with E-state index in [4.69, 9.17) is 4.98 Å². The van der Waals surface area contributed by atoms with Crippen molar-refractivity contribution < 1.29 is 4.79 Å². The largest absolute Gasteiger partial charge is 0.300 e. The topological polar surface area (TPSA) is 46.1 Å². The maximum Gasteiger partial charge on any atom is 0.135 e. The van der Waals surface area contributed by atoms with Gasteiger partial charge in [0, 0.05) is 48.6 Å². The van der Waals surface area contributed by atoms with E-state index in [1.54, 1.807) is 13.1 Å². The number of ketones is 1. The van der Waals surface area contributed by atoms with E-state index in [1.165, 1.54) is 42.8 Å². The summed E-state index contributed by atoms with van der Waals surface area (Å²) in [6.45, 7) is 5.04. The minimum absolute atomic E-state index is 0.132. The van der Waals surface area contributed by atoms with Crippen LogP contribution in [-0.4, -0.2) is 40.3 Å². The summed E-state index contributed by atoms with van der Waals surface area (Å²) in [7, 11) is 0. The average molecular weight is 333 g/mol. The molecule has 4 heteroatoms. The first-order valence-corrected chi connectivity index (χ1v) is 9.04. The van der Waals surface area contributed by atoms with Crippen LogP contribution in [0.1, 0.15) is 36.7 Å². The predicted octanol–water partition coefficient (Wildman–Crippen LogP) is 3.31. The van der Waals surface area contributed by atoms with Gasteiger partial charge in [0.2, 0.25) is 0 Å². The second-order valence-corrected chi connectivity index (χ2v) is 7.05. The molecular formula is C21H23N3O. The molecule has 1 fully saturated rings. The molecule has 0 atom stereocenters. The van der Waals surface area contributed by atoms with Gasteiger partial charge in [0.05, 0.1) is 5.69 Å². The molecule has 2 aliphatic rings. The minimum Gasteiger partial charge on any atom is -0.300 e. The van der Waals surface area contributed by atoms with Gasteiger partial charge in [-0.05, 0) is 62.2 Å². The van der Waals surface area contributed by atoms with Crippen LogP contribution in [0.25, 0.3) is 16.7 Å². The zero-order valence-electron chi connectivity index (χ0n) is 14.7. The lowest BCUT2D eigenvalue weighted by molar-refractivity contribution is -0.116. The number of hydrogen-bond donors (Lipinski definition) is 0. The van der Waals surface area contributed by atoms with E-state index in [9.17, 15) is 4.79 Å². The van der Waals surface area contributed by atoms with E-state index in [1.807, 2.05) is 18.3 Å². The van der Waals surface area contributed by atoms with Crippen LogP contribution in [-0.2, 0) is 17.6 Å². The molecule has 0 bridgehead atoms. The van der Waals surface area contributed by atoms with Crippen molar-refractivity contribution in [3.8, 4) is 11.1 Å². The molecule has 0 aromatic carbocycles. The van der Waals surface area contributed by atoms with Gasteiger partial charge in [-0.3, -0.25) is 19.7 Å². The molecule has 0 unspecified atom stereocenters. The number of Topliss-reactive ketones (excluding diaryl/α,β-unsaturated/α-hetero) is 1. The Labute approximate surface area is 148 Å². The molecule has 0 radical (unpaired) electrons. The molecule has 128 valence electrons. The second-order valence-electron chi connectivity index (χ2n) is 7.05. The first-order valence-electron chi connectivity index (χ1n) is 9.04. The highest BCUT2D eigenvalue weighted by Gasteiger charge is 2.20. The third-order valence-electron chi connectivity index (χ3n) is 5.03. The zero-order chi connectivity index (χ0) is 17.2. The fraction of sp³-hybridized carbons (Fsp3) is 0.381. The predicted molar refractivity (Wildman–Crippen MR) is 99.2 cm³/mol. The van der Waals surface area contributed by atoms with Crippen molar-refractivity contribution in [3.63, 3.8) is 0 Å². The summed E-state index contributed by atoms with van der Waals surface area (Å²) in [4.78, 5) is 22.9. The number of aromatic nitrogens is 2. The fourth-order valence-electron chi connectivity index (χ4n) is 3.76. The smallest absolute Gasteiger partial charge is 0.135 e. The molecule has 0 amide bonds. The lowest BCUT2D eigenvalue weighted by Gasteiger charge is -2.16. The lowest BCUT2D eigenvalue weighted by atomic mass is 10.0. The van der Waals surface area contributed by atoms with E-state index in [0.29, 0.717) is 6.42 Å². The van der Waals surface area contributed by atoms with Gasteiger partial charge in [-0.15, -0.1) is 0 Å². The number of nitrogens with zero attached hydrogens (tertiary/aromatic N) is 3. The number of hydrogen-bond acceptors (Lipinski definition) is 4. The summed E-state index contributed by atoms with van der Waals surface area (Å²) in [6, 6.07) is 6.25. The molecule has 0 N–H and O–H groups in total. The van der Waals surface area contributed by atoms with Crippen molar-refractivity contribution in [2.75, 3.05) is 19.6 Å². The molecule has 4 nitrogen and oxygen atoms in total. The first-order chi connectivity index (χ1) is 12.2. The summed E-state index contributed by atoms with van der Waals surface area (Å²) in [6.07, 6.45) is 9.99. The van der Waals surface area contributed by atoms with Gasteiger partial charge in [-0.2, -0.15) is 0 Å². The van der Waals surface area contributed by atoms with E-state index in [0.717, 1.165) is 29.8 Å². The van der Waals surface area contributed by atoms with Crippen molar-refractivity contribution in [2.45, 2.75) is 32.6 Å².